The number of methoxy groups -OCH3 is 1. The summed E-state index contributed by atoms with van der Waals surface area (Å²) in [6.45, 7) is 15.5. The molecular weight excluding hydrogens is 730 g/mol. The molecule has 0 saturated carbocycles. The number of rotatable bonds is 5. The number of aliphatic hydroxyl groups excluding tert-OH is 1. The number of amides is 5. The average Bonchev–Trinajstić information content (AvgIpc) is 3.67. The van der Waals surface area contributed by atoms with E-state index in [1.54, 1.807) is 52.3 Å². The van der Waals surface area contributed by atoms with Crippen LogP contribution < -0.4 is 15.4 Å². The second kappa shape index (κ2) is 21.0. The monoisotopic (exact) mass is 800 g/mol. The second-order valence-corrected chi connectivity index (χ2v) is 17.4. The number of carbonyl (C=O) groups is 6. The highest BCUT2D eigenvalue weighted by atomic mass is 16.5. The number of ether oxygens (including phenoxy) is 2. The summed E-state index contributed by atoms with van der Waals surface area (Å²) in [6.07, 6.45) is 1.26. The van der Waals surface area contributed by atoms with Crippen LogP contribution in [-0.4, -0.2) is 126 Å². The molecule has 3 rings (SSSR count). The van der Waals surface area contributed by atoms with E-state index in [-0.39, 0.29) is 49.5 Å². The highest BCUT2D eigenvalue weighted by Gasteiger charge is 2.44. The zero-order valence-electron chi connectivity index (χ0n) is 36.1. The van der Waals surface area contributed by atoms with Gasteiger partial charge in [0.05, 0.1) is 19.1 Å². The molecule has 2 aliphatic rings. The number of nitrogens with zero attached hydrogens (tertiary/aromatic N) is 3. The fourth-order valence-electron chi connectivity index (χ4n) is 7.63. The number of fused-ring (bicyclic) bond motifs is 1. The van der Waals surface area contributed by atoms with Crippen molar-refractivity contribution in [2.45, 2.75) is 143 Å². The van der Waals surface area contributed by atoms with Crippen molar-refractivity contribution in [2.75, 3.05) is 34.3 Å². The van der Waals surface area contributed by atoms with Crippen LogP contribution in [0.4, 0.5) is 0 Å². The molecule has 2 saturated heterocycles. The van der Waals surface area contributed by atoms with Gasteiger partial charge in [-0.15, -0.1) is 0 Å². The number of esters is 1. The number of carbonyl (C=O) groups excluding carboxylic acids is 6. The van der Waals surface area contributed by atoms with E-state index in [1.165, 1.54) is 21.7 Å². The molecule has 1 aromatic rings. The SMILES string of the molecule is CC[C@H](C)[C@H]1C(=O)N2CCC[C@H]2C(=O)O[C@H](C(C)(C)C)C[C@@H](C)C[C@H](O)[C@@H](C)C(=O)NCCCC(=O)N[C@@H](Cc2ccc(OC)cc2)C(=O)N(C)[C@H](C)C(=O)N1C. The Labute approximate surface area is 339 Å². The van der Waals surface area contributed by atoms with E-state index in [0.717, 1.165) is 5.56 Å². The minimum absolute atomic E-state index is 0.0185. The van der Waals surface area contributed by atoms with Gasteiger partial charge in [-0.2, -0.15) is 0 Å². The number of aliphatic hydroxyl groups is 1. The molecular formula is C43H69N5O9. The molecule has 0 aliphatic carbocycles. The molecule has 320 valence electrons. The largest absolute Gasteiger partial charge is 0.497 e. The fraction of sp³-hybridized carbons (Fsp3) is 0.721. The summed E-state index contributed by atoms with van der Waals surface area (Å²) in [5.74, 6) is -3.06. The summed E-state index contributed by atoms with van der Waals surface area (Å²) in [4.78, 5) is 87.4. The van der Waals surface area contributed by atoms with E-state index in [4.69, 9.17) is 9.47 Å². The lowest BCUT2D eigenvalue weighted by Gasteiger charge is -2.39. The Hall–Kier alpha value is -4.20. The van der Waals surface area contributed by atoms with Crippen molar-refractivity contribution in [2.24, 2.45) is 23.2 Å². The van der Waals surface area contributed by atoms with Crippen molar-refractivity contribution in [3.8, 4) is 5.75 Å². The first-order chi connectivity index (χ1) is 26.7. The first-order valence-corrected chi connectivity index (χ1v) is 20.6. The Morgan fingerprint density at radius 2 is 1.58 bits per heavy atom. The predicted molar refractivity (Wildman–Crippen MR) is 217 cm³/mol. The van der Waals surface area contributed by atoms with Crippen molar-refractivity contribution < 1.29 is 43.3 Å². The number of cyclic esters (lactones) is 1. The van der Waals surface area contributed by atoms with Crippen molar-refractivity contribution in [3.63, 3.8) is 0 Å². The van der Waals surface area contributed by atoms with E-state index >= 15 is 0 Å². The van der Waals surface area contributed by atoms with Crippen LogP contribution in [0.15, 0.2) is 24.3 Å². The molecule has 14 heteroatoms. The van der Waals surface area contributed by atoms with Gasteiger partial charge in [0.1, 0.15) is 36.0 Å². The maximum absolute atomic E-state index is 14.5. The molecule has 14 nitrogen and oxygen atoms in total. The van der Waals surface area contributed by atoms with Crippen LogP contribution in [0.3, 0.4) is 0 Å². The van der Waals surface area contributed by atoms with Crippen molar-refractivity contribution in [1.29, 1.82) is 0 Å². The summed E-state index contributed by atoms with van der Waals surface area (Å²) in [7, 11) is 4.61. The Kier molecular flexibility index (Phi) is 17.4. The van der Waals surface area contributed by atoms with E-state index in [9.17, 15) is 33.9 Å². The first-order valence-electron chi connectivity index (χ1n) is 20.6. The normalized spacial score (nSPS) is 29.4. The Morgan fingerprint density at radius 1 is 0.930 bits per heavy atom. The lowest BCUT2D eigenvalue weighted by atomic mass is 9.81. The highest BCUT2D eigenvalue weighted by molar-refractivity contribution is 5.95. The number of nitrogens with one attached hydrogen (secondary N) is 2. The number of hydrogen-bond acceptors (Lipinski definition) is 9. The molecule has 0 bridgehead atoms. The van der Waals surface area contributed by atoms with E-state index in [0.29, 0.717) is 44.4 Å². The van der Waals surface area contributed by atoms with Crippen LogP contribution in [-0.2, 0) is 39.9 Å². The summed E-state index contributed by atoms with van der Waals surface area (Å²) < 4.78 is 11.5. The summed E-state index contributed by atoms with van der Waals surface area (Å²) >= 11 is 0. The zero-order valence-corrected chi connectivity index (χ0v) is 36.1. The average molecular weight is 800 g/mol. The Bertz CT molecular complexity index is 1550. The van der Waals surface area contributed by atoms with E-state index in [2.05, 4.69) is 10.6 Å². The van der Waals surface area contributed by atoms with Crippen LogP contribution >= 0.6 is 0 Å². The van der Waals surface area contributed by atoms with Gasteiger partial charge in [0.2, 0.25) is 29.5 Å². The fourth-order valence-corrected chi connectivity index (χ4v) is 7.63. The third kappa shape index (κ3) is 12.6. The molecule has 2 aliphatic heterocycles. The van der Waals surface area contributed by atoms with Crippen LogP contribution in [0, 0.1) is 23.2 Å². The van der Waals surface area contributed by atoms with Gasteiger partial charge in [0.15, 0.2) is 0 Å². The molecule has 0 spiro atoms. The molecule has 1 aromatic carbocycles. The van der Waals surface area contributed by atoms with Gasteiger partial charge in [-0.3, -0.25) is 24.0 Å². The van der Waals surface area contributed by atoms with Gasteiger partial charge >= 0.3 is 5.97 Å². The Morgan fingerprint density at radius 3 is 2.18 bits per heavy atom. The van der Waals surface area contributed by atoms with Gasteiger partial charge in [-0.05, 0) is 74.0 Å². The van der Waals surface area contributed by atoms with E-state index in [1.807, 2.05) is 41.5 Å². The molecule has 3 N–H and O–H groups in total. The van der Waals surface area contributed by atoms with Crippen LogP contribution in [0.5, 0.6) is 5.75 Å². The summed E-state index contributed by atoms with van der Waals surface area (Å²) in [5.41, 5.74) is 0.299. The summed E-state index contributed by atoms with van der Waals surface area (Å²) in [5, 5.41) is 16.7. The van der Waals surface area contributed by atoms with Crippen LogP contribution in [0.1, 0.15) is 106 Å². The van der Waals surface area contributed by atoms with Crippen molar-refractivity contribution in [1.82, 2.24) is 25.3 Å². The summed E-state index contributed by atoms with van der Waals surface area (Å²) in [6, 6.07) is 3.33. The molecule has 0 unspecified atom stereocenters. The molecule has 5 amide bonds. The third-order valence-corrected chi connectivity index (χ3v) is 11.9. The lowest BCUT2D eigenvalue weighted by molar-refractivity contribution is -0.166. The number of benzene rings is 1. The van der Waals surface area contributed by atoms with Gasteiger partial charge in [0.25, 0.3) is 0 Å². The zero-order chi connectivity index (χ0) is 42.8. The second-order valence-electron chi connectivity index (χ2n) is 17.4. The van der Waals surface area contributed by atoms with Gasteiger partial charge in [0, 0.05) is 40.0 Å². The highest BCUT2D eigenvalue weighted by Crippen LogP contribution is 2.32. The van der Waals surface area contributed by atoms with Gasteiger partial charge in [-0.25, -0.2) is 4.79 Å². The molecule has 0 aromatic heterocycles. The minimum Gasteiger partial charge on any atom is -0.497 e. The quantitative estimate of drug-likeness (QED) is 0.375. The van der Waals surface area contributed by atoms with Crippen molar-refractivity contribution in [3.05, 3.63) is 29.8 Å². The number of hydrogen-bond donors (Lipinski definition) is 3. The minimum atomic E-state index is -1.03. The molecule has 9 atom stereocenters. The standard InChI is InChI=1S/C43H69N5O9/c1-12-27(3)37-41(54)48-22-14-15-33(48)42(55)57-35(43(6,7)8)24-26(2)23-34(49)28(4)38(51)44-21-13-16-36(50)45-32(25-30-17-19-31(56-11)20-18-30)40(53)46(9)29(5)39(52)47(37)10/h17-20,26-29,32-35,37,49H,12-16,21-25H2,1-11H3,(H,44,51)(H,45,50)/t26-,27-,28+,29+,32-,33-,34-,35-,37-/m0/s1. The van der Waals surface area contributed by atoms with Crippen LogP contribution in [0.25, 0.3) is 0 Å². The molecule has 57 heavy (non-hydrogen) atoms. The van der Waals surface area contributed by atoms with E-state index < -0.39 is 71.4 Å². The topological polar surface area (TPSA) is 175 Å². The Balaban J connectivity index is 2.00. The maximum Gasteiger partial charge on any atom is 0.329 e. The predicted octanol–water partition coefficient (Wildman–Crippen LogP) is 3.71. The first kappa shape index (κ1) is 47.2. The van der Waals surface area contributed by atoms with Crippen LogP contribution in [0.2, 0.25) is 0 Å². The molecule has 2 fully saturated rings. The maximum atomic E-state index is 14.5. The molecule has 0 radical (unpaired) electrons. The van der Waals surface area contributed by atoms with Gasteiger partial charge in [-0.1, -0.05) is 67.0 Å². The van der Waals surface area contributed by atoms with Gasteiger partial charge < -0.3 is 39.9 Å². The van der Waals surface area contributed by atoms with Crippen molar-refractivity contribution >= 4 is 35.5 Å². The number of likely N-dealkylation sites (N-methyl/N-ethyl adjacent to an activating group) is 2. The lowest BCUT2D eigenvalue weighted by Crippen LogP contribution is -2.59. The molecule has 2 heterocycles. The smallest absolute Gasteiger partial charge is 0.329 e. The third-order valence-electron chi connectivity index (χ3n) is 11.9.